The van der Waals surface area contributed by atoms with Crippen LogP contribution >= 0.6 is 0 Å². The van der Waals surface area contributed by atoms with Gasteiger partial charge < -0.3 is 15.2 Å². The summed E-state index contributed by atoms with van der Waals surface area (Å²) < 4.78 is 5.41. The fourth-order valence-electron chi connectivity index (χ4n) is 1.87. The highest BCUT2D eigenvalue weighted by Crippen LogP contribution is 2.15. The van der Waals surface area contributed by atoms with Crippen LogP contribution in [-0.2, 0) is 9.59 Å². The molecule has 0 radical (unpaired) electrons. The fourth-order valence-corrected chi connectivity index (χ4v) is 1.87. The molecular weight excluding hydrogens is 258 g/mol. The van der Waals surface area contributed by atoms with E-state index in [4.69, 9.17) is 9.84 Å². The SMILES string of the molecule is Cc1cc(C)cc(OCC(=O)NCC(C)CC(=O)O)c1. The second-order valence-electron chi connectivity index (χ2n) is 5.12. The van der Waals surface area contributed by atoms with Gasteiger partial charge in [0.25, 0.3) is 5.91 Å². The maximum absolute atomic E-state index is 11.6. The third-order valence-corrected chi connectivity index (χ3v) is 2.74. The van der Waals surface area contributed by atoms with Crippen LogP contribution in [0.15, 0.2) is 18.2 Å². The Morgan fingerprint density at radius 1 is 1.25 bits per heavy atom. The maximum atomic E-state index is 11.6. The van der Waals surface area contributed by atoms with Crippen molar-refractivity contribution in [3.05, 3.63) is 29.3 Å². The first-order chi connectivity index (χ1) is 9.36. The molecule has 1 amide bonds. The molecule has 110 valence electrons. The summed E-state index contributed by atoms with van der Waals surface area (Å²) in [6.07, 6.45) is 0.0399. The highest BCUT2D eigenvalue weighted by molar-refractivity contribution is 5.77. The van der Waals surface area contributed by atoms with Crippen LogP contribution in [0.1, 0.15) is 24.5 Å². The molecule has 1 atom stereocenters. The van der Waals surface area contributed by atoms with Crippen molar-refractivity contribution in [2.24, 2.45) is 5.92 Å². The Balaban J connectivity index is 2.34. The van der Waals surface area contributed by atoms with Crippen molar-refractivity contribution < 1.29 is 19.4 Å². The van der Waals surface area contributed by atoms with E-state index in [9.17, 15) is 9.59 Å². The van der Waals surface area contributed by atoms with Gasteiger partial charge in [-0.1, -0.05) is 13.0 Å². The smallest absolute Gasteiger partial charge is 0.303 e. The minimum atomic E-state index is -0.863. The van der Waals surface area contributed by atoms with Crippen LogP contribution in [0.4, 0.5) is 0 Å². The van der Waals surface area contributed by atoms with Gasteiger partial charge in [-0.05, 0) is 43.0 Å². The van der Waals surface area contributed by atoms with Gasteiger partial charge in [0, 0.05) is 13.0 Å². The normalized spacial score (nSPS) is 11.8. The monoisotopic (exact) mass is 279 g/mol. The van der Waals surface area contributed by atoms with Crippen LogP contribution in [0.2, 0.25) is 0 Å². The second-order valence-corrected chi connectivity index (χ2v) is 5.12. The number of nitrogens with one attached hydrogen (secondary N) is 1. The van der Waals surface area contributed by atoms with Gasteiger partial charge in [0.2, 0.25) is 0 Å². The lowest BCUT2D eigenvalue weighted by molar-refractivity contribution is -0.138. The molecule has 0 heterocycles. The van der Waals surface area contributed by atoms with Gasteiger partial charge in [0.15, 0.2) is 6.61 Å². The molecule has 1 aromatic carbocycles. The Kier molecular flexibility index (Phi) is 6.03. The second kappa shape index (κ2) is 7.53. The first-order valence-corrected chi connectivity index (χ1v) is 6.56. The molecule has 5 heteroatoms. The molecule has 2 N–H and O–H groups in total. The lowest BCUT2D eigenvalue weighted by Gasteiger charge is -2.11. The highest BCUT2D eigenvalue weighted by Gasteiger charge is 2.09. The molecule has 0 bridgehead atoms. The number of carbonyl (C=O) groups is 2. The van der Waals surface area contributed by atoms with E-state index in [-0.39, 0.29) is 24.9 Å². The Bertz CT molecular complexity index is 465. The predicted octanol–water partition coefficient (Wildman–Crippen LogP) is 1.91. The third kappa shape index (κ3) is 6.22. The standard InChI is InChI=1S/C15H21NO4/c1-10-4-11(2)6-13(5-10)20-9-14(17)16-8-12(3)7-15(18)19/h4-6,12H,7-9H2,1-3H3,(H,16,17)(H,18,19). The van der Waals surface area contributed by atoms with Crippen LogP contribution < -0.4 is 10.1 Å². The number of aliphatic carboxylic acids is 1. The van der Waals surface area contributed by atoms with Crippen molar-refractivity contribution in [3.8, 4) is 5.75 Å². The lowest BCUT2D eigenvalue weighted by Crippen LogP contribution is -2.33. The van der Waals surface area contributed by atoms with E-state index >= 15 is 0 Å². The molecule has 1 unspecified atom stereocenters. The van der Waals surface area contributed by atoms with Gasteiger partial charge in [-0.2, -0.15) is 0 Å². The summed E-state index contributed by atoms with van der Waals surface area (Å²) in [7, 11) is 0. The summed E-state index contributed by atoms with van der Waals surface area (Å²) in [5.41, 5.74) is 2.16. The molecule has 0 spiro atoms. The van der Waals surface area contributed by atoms with Gasteiger partial charge >= 0.3 is 5.97 Å². The third-order valence-electron chi connectivity index (χ3n) is 2.74. The molecule has 0 aliphatic carbocycles. The number of amides is 1. The average Bonchev–Trinajstić information content (AvgIpc) is 2.32. The number of hydrogen-bond donors (Lipinski definition) is 2. The van der Waals surface area contributed by atoms with Crippen molar-refractivity contribution in [2.75, 3.05) is 13.2 Å². The number of carbonyl (C=O) groups excluding carboxylic acids is 1. The molecule has 0 saturated heterocycles. The van der Waals surface area contributed by atoms with E-state index in [1.165, 1.54) is 0 Å². The molecule has 0 aliphatic heterocycles. The number of carboxylic acids is 1. The first kappa shape index (κ1) is 16.0. The molecule has 5 nitrogen and oxygen atoms in total. The van der Waals surface area contributed by atoms with Crippen molar-refractivity contribution >= 4 is 11.9 Å². The van der Waals surface area contributed by atoms with Crippen LogP contribution in [0.25, 0.3) is 0 Å². The van der Waals surface area contributed by atoms with E-state index in [2.05, 4.69) is 5.32 Å². The number of ether oxygens (including phenoxy) is 1. The topological polar surface area (TPSA) is 75.6 Å². The Morgan fingerprint density at radius 3 is 2.40 bits per heavy atom. The van der Waals surface area contributed by atoms with Gasteiger partial charge in [-0.25, -0.2) is 0 Å². The number of hydrogen-bond acceptors (Lipinski definition) is 3. The van der Waals surface area contributed by atoms with Crippen LogP contribution in [0.3, 0.4) is 0 Å². The zero-order valence-electron chi connectivity index (χ0n) is 12.1. The Hall–Kier alpha value is -2.04. The lowest BCUT2D eigenvalue weighted by atomic mass is 10.1. The molecule has 0 fully saturated rings. The largest absolute Gasteiger partial charge is 0.484 e. The number of benzene rings is 1. The maximum Gasteiger partial charge on any atom is 0.303 e. The molecule has 0 aromatic heterocycles. The molecule has 20 heavy (non-hydrogen) atoms. The minimum Gasteiger partial charge on any atom is -0.484 e. The summed E-state index contributed by atoms with van der Waals surface area (Å²) in [6.45, 7) is 5.98. The van der Waals surface area contributed by atoms with Crippen molar-refractivity contribution in [1.29, 1.82) is 0 Å². The van der Waals surface area contributed by atoms with Crippen molar-refractivity contribution in [3.63, 3.8) is 0 Å². The quantitative estimate of drug-likeness (QED) is 0.799. The summed E-state index contributed by atoms with van der Waals surface area (Å²) in [5, 5.41) is 11.3. The fraction of sp³-hybridized carbons (Fsp3) is 0.467. The summed E-state index contributed by atoms with van der Waals surface area (Å²) >= 11 is 0. The average molecular weight is 279 g/mol. The van der Waals surface area contributed by atoms with E-state index in [0.29, 0.717) is 12.3 Å². The van der Waals surface area contributed by atoms with Crippen LogP contribution in [-0.4, -0.2) is 30.1 Å². The van der Waals surface area contributed by atoms with E-state index in [0.717, 1.165) is 11.1 Å². The molecular formula is C15H21NO4. The Labute approximate surface area is 118 Å². The highest BCUT2D eigenvalue weighted by atomic mass is 16.5. The van der Waals surface area contributed by atoms with E-state index in [1.54, 1.807) is 6.92 Å². The zero-order valence-corrected chi connectivity index (χ0v) is 12.1. The Morgan fingerprint density at radius 2 is 1.85 bits per heavy atom. The summed E-state index contributed by atoms with van der Waals surface area (Å²) in [5.74, 6) is -0.548. The molecule has 1 rings (SSSR count). The molecule has 0 aliphatic rings. The van der Waals surface area contributed by atoms with Gasteiger partial charge in [0.1, 0.15) is 5.75 Å². The predicted molar refractivity (Wildman–Crippen MR) is 75.8 cm³/mol. The van der Waals surface area contributed by atoms with E-state index < -0.39 is 5.97 Å². The summed E-state index contributed by atoms with van der Waals surface area (Å²) in [6, 6.07) is 5.77. The molecule has 1 aromatic rings. The number of rotatable bonds is 7. The number of aryl methyl sites for hydroxylation is 2. The van der Waals surface area contributed by atoms with Gasteiger partial charge in [0.05, 0.1) is 0 Å². The minimum absolute atomic E-state index is 0.0399. The van der Waals surface area contributed by atoms with Gasteiger partial charge in [-0.15, -0.1) is 0 Å². The van der Waals surface area contributed by atoms with Crippen LogP contribution in [0, 0.1) is 19.8 Å². The first-order valence-electron chi connectivity index (χ1n) is 6.56. The van der Waals surface area contributed by atoms with Gasteiger partial charge in [-0.3, -0.25) is 9.59 Å². The van der Waals surface area contributed by atoms with Crippen molar-refractivity contribution in [1.82, 2.24) is 5.32 Å². The van der Waals surface area contributed by atoms with Crippen LogP contribution in [0.5, 0.6) is 5.75 Å². The van der Waals surface area contributed by atoms with Crippen molar-refractivity contribution in [2.45, 2.75) is 27.2 Å². The zero-order chi connectivity index (χ0) is 15.1. The number of carboxylic acid groups (broad SMARTS) is 1. The van der Waals surface area contributed by atoms with E-state index in [1.807, 2.05) is 32.0 Å². The summed E-state index contributed by atoms with van der Waals surface area (Å²) in [4.78, 5) is 22.1. The molecule has 0 saturated carbocycles.